The van der Waals surface area contributed by atoms with E-state index in [1.165, 1.54) is 28.4 Å². The van der Waals surface area contributed by atoms with Gasteiger partial charge < -0.3 is 18.5 Å². The summed E-state index contributed by atoms with van der Waals surface area (Å²) in [6.45, 7) is 14.3. The fourth-order valence-electron chi connectivity index (χ4n) is 8.01. The lowest BCUT2D eigenvalue weighted by Crippen LogP contribution is -2.67. The Balaban J connectivity index is 1.49. The molecule has 0 amide bonds. The lowest BCUT2D eigenvalue weighted by molar-refractivity contribution is -0.149. The van der Waals surface area contributed by atoms with Crippen LogP contribution in [-0.4, -0.2) is 44.7 Å². The highest BCUT2D eigenvalue weighted by Crippen LogP contribution is 2.48. The Hall–Kier alpha value is -3.56. The van der Waals surface area contributed by atoms with Crippen LogP contribution >= 0.6 is 15.9 Å². The van der Waals surface area contributed by atoms with E-state index in [9.17, 15) is 4.79 Å². The zero-order valence-electron chi connectivity index (χ0n) is 31.2. The maximum Gasteiger partial charge on any atom is 0.308 e. The summed E-state index contributed by atoms with van der Waals surface area (Å²) >= 11 is 3.80. The lowest BCUT2D eigenvalue weighted by Gasteiger charge is -2.44. The van der Waals surface area contributed by atoms with Crippen molar-refractivity contribution in [1.82, 2.24) is 9.55 Å². The zero-order chi connectivity index (χ0) is 36.6. The summed E-state index contributed by atoms with van der Waals surface area (Å²) in [6, 6.07) is 32.6. The summed E-state index contributed by atoms with van der Waals surface area (Å²) in [4.78, 5) is 17.4. The van der Waals surface area contributed by atoms with Crippen molar-refractivity contribution >= 4 is 51.5 Å². The molecular weight excluding hydrogens is 716 g/mol. The van der Waals surface area contributed by atoms with Crippen LogP contribution in [0.25, 0.3) is 22.2 Å². The van der Waals surface area contributed by atoms with Gasteiger partial charge in [-0.3, -0.25) is 9.78 Å². The third-order valence-electron chi connectivity index (χ3n) is 10.7. The van der Waals surface area contributed by atoms with Crippen molar-refractivity contribution in [2.75, 3.05) is 20.8 Å². The molecular formula is C43H51BrN2O4Si. The van der Waals surface area contributed by atoms with Gasteiger partial charge in [-0.25, -0.2) is 0 Å². The van der Waals surface area contributed by atoms with Gasteiger partial charge in [0, 0.05) is 46.9 Å². The third kappa shape index (κ3) is 7.13. The van der Waals surface area contributed by atoms with Gasteiger partial charge in [0.2, 0.25) is 0 Å². The van der Waals surface area contributed by atoms with Gasteiger partial charge in [0.25, 0.3) is 8.32 Å². The topological polar surface area (TPSA) is 62.6 Å². The summed E-state index contributed by atoms with van der Waals surface area (Å²) in [6.07, 6.45) is 3.87. The zero-order valence-corrected chi connectivity index (χ0v) is 33.8. The van der Waals surface area contributed by atoms with Crippen LogP contribution in [0.1, 0.15) is 77.8 Å². The summed E-state index contributed by atoms with van der Waals surface area (Å²) in [5, 5.41) is 3.62. The second kappa shape index (κ2) is 14.8. The number of carbonyl (C=O) groups is 1. The number of rotatable bonds is 12. The molecule has 1 saturated carbocycles. The largest absolute Gasteiger partial charge is 0.469 e. The number of aromatic nitrogens is 2. The predicted octanol–water partition coefficient (Wildman–Crippen LogP) is 9.44. The Morgan fingerprint density at radius 3 is 2.12 bits per heavy atom. The van der Waals surface area contributed by atoms with Gasteiger partial charge in [0.05, 0.1) is 30.5 Å². The van der Waals surface area contributed by atoms with Crippen molar-refractivity contribution in [3.05, 3.63) is 113 Å². The van der Waals surface area contributed by atoms with E-state index in [0.717, 1.165) is 46.2 Å². The van der Waals surface area contributed by atoms with Gasteiger partial charge in [-0.1, -0.05) is 111 Å². The van der Waals surface area contributed by atoms with Crippen LogP contribution in [-0.2, 0) is 25.1 Å². The Kier molecular flexibility index (Phi) is 10.8. The molecule has 0 radical (unpaired) electrons. The van der Waals surface area contributed by atoms with Crippen molar-refractivity contribution in [3.8, 4) is 11.3 Å². The molecule has 1 atom stereocenters. The molecule has 6 nitrogen and oxygen atoms in total. The second-order valence-electron chi connectivity index (χ2n) is 15.8. The molecule has 2 heterocycles. The van der Waals surface area contributed by atoms with Gasteiger partial charge in [-0.2, -0.15) is 0 Å². The normalized spacial score (nSPS) is 17.3. The van der Waals surface area contributed by atoms with Crippen LogP contribution in [0, 0.1) is 11.3 Å². The van der Waals surface area contributed by atoms with Crippen molar-refractivity contribution in [2.24, 2.45) is 11.3 Å². The molecule has 0 spiro atoms. The predicted molar refractivity (Wildman–Crippen MR) is 213 cm³/mol. The number of carbonyl (C=O) groups excluding carboxylic acids is 1. The van der Waals surface area contributed by atoms with Crippen molar-refractivity contribution in [2.45, 2.75) is 78.0 Å². The van der Waals surface area contributed by atoms with Crippen molar-refractivity contribution in [3.63, 3.8) is 0 Å². The second-order valence-corrected chi connectivity index (χ2v) is 21.0. The van der Waals surface area contributed by atoms with E-state index in [1.54, 1.807) is 7.11 Å². The van der Waals surface area contributed by atoms with E-state index in [-0.39, 0.29) is 34.5 Å². The Labute approximate surface area is 312 Å². The summed E-state index contributed by atoms with van der Waals surface area (Å²) in [7, 11) is 0.450. The molecule has 0 bridgehead atoms. The molecule has 6 rings (SSSR count). The van der Waals surface area contributed by atoms with E-state index in [2.05, 4.69) is 140 Å². The molecule has 268 valence electrons. The van der Waals surface area contributed by atoms with Gasteiger partial charge >= 0.3 is 5.97 Å². The molecule has 3 aromatic carbocycles. The van der Waals surface area contributed by atoms with E-state index >= 15 is 0 Å². The highest BCUT2D eigenvalue weighted by Gasteiger charge is 2.51. The summed E-state index contributed by atoms with van der Waals surface area (Å²) in [5.41, 5.74) is 5.24. The summed E-state index contributed by atoms with van der Waals surface area (Å²) < 4.78 is 22.1. The van der Waals surface area contributed by atoms with Crippen molar-refractivity contribution < 1.29 is 18.7 Å². The monoisotopic (exact) mass is 766 g/mol. The van der Waals surface area contributed by atoms with Crippen LogP contribution in [0.4, 0.5) is 0 Å². The Morgan fingerprint density at radius 1 is 0.922 bits per heavy atom. The highest BCUT2D eigenvalue weighted by atomic mass is 79.9. The van der Waals surface area contributed by atoms with Crippen LogP contribution in [0.5, 0.6) is 0 Å². The minimum Gasteiger partial charge on any atom is -0.469 e. The highest BCUT2D eigenvalue weighted by molar-refractivity contribution is 9.10. The molecule has 1 aliphatic rings. The number of fused-ring (bicyclic) bond motifs is 1. The molecule has 0 unspecified atom stereocenters. The molecule has 8 heteroatoms. The number of methoxy groups -OCH3 is 2. The van der Waals surface area contributed by atoms with E-state index in [4.69, 9.17) is 18.9 Å². The van der Waals surface area contributed by atoms with Gasteiger partial charge in [0.15, 0.2) is 0 Å². The molecule has 0 saturated heterocycles. The number of benzene rings is 3. The molecule has 0 aliphatic heterocycles. The first-order chi connectivity index (χ1) is 24.3. The maximum absolute atomic E-state index is 12.6. The fraction of sp³-hybridized carbons (Fsp3) is 0.395. The molecule has 2 aromatic heterocycles. The van der Waals surface area contributed by atoms with Crippen LogP contribution in [0.15, 0.2) is 102 Å². The SMILES string of the molecule is COC(=O)C1CC(n2c(-c3cccnc3[C@H](C)OC)c(CC(C)(C)CO[Si](c3ccccc3)(c3ccccc3)C(C)(C)C)c3cc(Br)ccc32)C1. The third-order valence-corrected chi connectivity index (χ3v) is 16.1. The average Bonchev–Trinajstić information content (AvgIpc) is 3.39. The molecule has 1 fully saturated rings. The van der Waals surface area contributed by atoms with E-state index < -0.39 is 8.32 Å². The number of hydrogen-bond acceptors (Lipinski definition) is 5. The van der Waals surface area contributed by atoms with Gasteiger partial charge in [-0.15, -0.1) is 0 Å². The number of nitrogens with zero attached hydrogens (tertiary/aromatic N) is 2. The maximum atomic E-state index is 12.6. The first-order valence-electron chi connectivity index (χ1n) is 17.9. The lowest BCUT2D eigenvalue weighted by atomic mass is 9.79. The number of pyridine rings is 1. The van der Waals surface area contributed by atoms with Crippen LogP contribution in [0.3, 0.4) is 0 Å². The Bertz CT molecular complexity index is 1940. The molecule has 1 aliphatic carbocycles. The van der Waals surface area contributed by atoms with Crippen molar-refractivity contribution in [1.29, 1.82) is 0 Å². The first kappa shape index (κ1) is 37.2. The Morgan fingerprint density at radius 2 is 1.55 bits per heavy atom. The van der Waals surface area contributed by atoms with Gasteiger partial charge in [-0.05, 0) is 82.9 Å². The van der Waals surface area contributed by atoms with E-state index in [1.807, 2.05) is 19.2 Å². The van der Waals surface area contributed by atoms with E-state index in [0.29, 0.717) is 6.61 Å². The number of hydrogen-bond donors (Lipinski definition) is 0. The number of halogens is 1. The number of ether oxygens (including phenoxy) is 2. The fourth-order valence-corrected chi connectivity index (χ4v) is 13.1. The number of esters is 1. The first-order valence-corrected chi connectivity index (χ1v) is 20.6. The molecule has 5 aromatic rings. The quantitative estimate of drug-likeness (QED) is 0.0936. The molecule has 0 N–H and O–H groups in total. The standard InChI is InChI=1S/C43H51BrN2O4Si/c1-29(48-7)39-35(20-15-23-45-39)40-37(36-26-31(44)21-22-38(36)46(40)32-24-30(25-32)41(47)49-8)27-43(5,6)28-50-51(42(2,3)4,33-16-11-9-12-17-33)34-18-13-10-14-19-34/h9-23,26,29-30,32H,24-25,27-28H2,1-8H3/t29-,30?,32?/m0/s1. The van der Waals surface area contributed by atoms with Crippen LogP contribution < -0.4 is 10.4 Å². The van der Waals surface area contributed by atoms with Gasteiger partial charge in [0.1, 0.15) is 0 Å². The minimum atomic E-state index is -2.76. The minimum absolute atomic E-state index is 0.105. The summed E-state index contributed by atoms with van der Waals surface area (Å²) in [5.74, 6) is -0.240. The van der Waals surface area contributed by atoms with Crippen LogP contribution in [0.2, 0.25) is 5.04 Å². The smallest absolute Gasteiger partial charge is 0.308 e. The molecule has 51 heavy (non-hydrogen) atoms. The average molecular weight is 768 g/mol.